The topological polar surface area (TPSA) is 48.5 Å². The molecule has 4 rings (SSSR count). The predicted molar refractivity (Wildman–Crippen MR) is 106 cm³/mol. The molecule has 1 saturated heterocycles. The largest absolute Gasteiger partial charge is 0.366 e. The van der Waals surface area contributed by atoms with Gasteiger partial charge in [0.1, 0.15) is 0 Å². The number of piperazine rings is 1. The van der Waals surface area contributed by atoms with Crippen molar-refractivity contribution in [1.29, 1.82) is 0 Å². The predicted octanol–water partition coefficient (Wildman–Crippen LogP) is 3.90. The van der Waals surface area contributed by atoms with E-state index in [1.165, 1.54) is 0 Å². The van der Waals surface area contributed by atoms with Crippen molar-refractivity contribution in [2.45, 2.75) is 6.92 Å². The van der Waals surface area contributed by atoms with Crippen LogP contribution in [0.25, 0.3) is 10.9 Å². The molecule has 132 valence electrons. The molecule has 1 aliphatic heterocycles. The highest BCUT2D eigenvalue weighted by atomic mass is 16.2. The van der Waals surface area contributed by atoms with Crippen molar-refractivity contribution in [1.82, 2.24) is 9.88 Å². The fourth-order valence-corrected chi connectivity index (χ4v) is 3.42. The lowest BCUT2D eigenvalue weighted by atomic mass is 10.1. The van der Waals surface area contributed by atoms with Crippen LogP contribution in [0.5, 0.6) is 0 Å². The number of aryl methyl sites for hydroxylation is 1. The second kappa shape index (κ2) is 7.04. The normalized spacial score (nSPS) is 14.5. The van der Waals surface area contributed by atoms with E-state index in [0.717, 1.165) is 40.9 Å². The summed E-state index contributed by atoms with van der Waals surface area (Å²) in [5, 5.41) is 4.14. The molecule has 0 bridgehead atoms. The highest BCUT2D eigenvalue weighted by Gasteiger charge is 2.22. The number of rotatable bonds is 2. The van der Waals surface area contributed by atoms with Gasteiger partial charge < -0.3 is 15.1 Å². The van der Waals surface area contributed by atoms with Gasteiger partial charge in [-0.1, -0.05) is 30.3 Å². The van der Waals surface area contributed by atoms with Crippen LogP contribution in [-0.4, -0.2) is 42.1 Å². The monoisotopic (exact) mass is 346 g/mol. The number of aromatic nitrogens is 1. The number of fused-ring (bicyclic) bond motifs is 1. The van der Waals surface area contributed by atoms with Crippen LogP contribution in [0.3, 0.4) is 0 Å². The summed E-state index contributed by atoms with van der Waals surface area (Å²) in [7, 11) is 0. The number of hydrogen-bond acceptors (Lipinski definition) is 3. The summed E-state index contributed by atoms with van der Waals surface area (Å²) in [5.41, 5.74) is 4.14. The van der Waals surface area contributed by atoms with Gasteiger partial charge in [-0.05, 0) is 36.8 Å². The molecule has 1 N–H and O–H groups in total. The van der Waals surface area contributed by atoms with E-state index in [9.17, 15) is 4.79 Å². The van der Waals surface area contributed by atoms with E-state index in [-0.39, 0.29) is 6.03 Å². The highest BCUT2D eigenvalue weighted by molar-refractivity contribution is 5.91. The minimum absolute atomic E-state index is 0.0358. The molecule has 0 saturated carbocycles. The van der Waals surface area contributed by atoms with Gasteiger partial charge >= 0.3 is 6.03 Å². The summed E-state index contributed by atoms with van der Waals surface area (Å²) in [5.74, 6) is 0. The van der Waals surface area contributed by atoms with Gasteiger partial charge in [-0.3, -0.25) is 4.98 Å². The molecule has 26 heavy (non-hydrogen) atoms. The first-order chi connectivity index (χ1) is 12.7. The molecule has 2 amide bonds. The van der Waals surface area contributed by atoms with Gasteiger partial charge in [0.25, 0.3) is 0 Å². The van der Waals surface area contributed by atoms with Crippen molar-refractivity contribution in [3.05, 3.63) is 66.4 Å². The zero-order valence-electron chi connectivity index (χ0n) is 14.9. The van der Waals surface area contributed by atoms with E-state index in [1.54, 1.807) is 0 Å². The number of carbonyl (C=O) groups is 1. The van der Waals surface area contributed by atoms with Gasteiger partial charge in [0.15, 0.2) is 0 Å². The molecular formula is C21H22N4O. The third-order valence-electron chi connectivity index (χ3n) is 4.79. The number of para-hydroxylation sites is 1. The first-order valence-corrected chi connectivity index (χ1v) is 8.92. The molecule has 0 spiro atoms. The van der Waals surface area contributed by atoms with Crippen molar-refractivity contribution in [2.24, 2.45) is 0 Å². The highest BCUT2D eigenvalue weighted by Crippen LogP contribution is 2.25. The first-order valence-electron chi connectivity index (χ1n) is 8.92. The van der Waals surface area contributed by atoms with E-state index in [1.807, 2.05) is 48.4 Å². The molecule has 0 radical (unpaired) electrons. The van der Waals surface area contributed by atoms with Crippen LogP contribution in [-0.2, 0) is 0 Å². The van der Waals surface area contributed by atoms with Crippen LogP contribution < -0.4 is 10.2 Å². The van der Waals surface area contributed by atoms with E-state index in [4.69, 9.17) is 0 Å². The number of hydrogen-bond donors (Lipinski definition) is 1. The maximum absolute atomic E-state index is 12.5. The molecule has 0 atom stereocenters. The Morgan fingerprint density at radius 3 is 2.58 bits per heavy atom. The second-order valence-corrected chi connectivity index (χ2v) is 6.63. The average Bonchev–Trinajstić information content (AvgIpc) is 2.68. The fourth-order valence-electron chi connectivity index (χ4n) is 3.42. The number of benzene rings is 2. The standard InChI is InChI=1S/C21H22N4O/c1-16-5-2-8-18(15-16)23-21(26)25-13-11-24(12-14-25)19-9-3-6-17-7-4-10-22-20(17)19/h2-10,15H,11-14H2,1H3,(H,23,26). The number of pyridine rings is 1. The Morgan fingerprint density at radius 2 is 1.77 bits per heavy atom. The number of anilines is 2. The molecule has 0 aliphatic carbocycles. The van der Waals surface area contributed by atoms with Gasteiger partial charge in [0.2, 0.25) is 0 Å². The molecule has 5 heteroatoms. The average molecular weight is 346 g/mol. The van der Waals surface area contributed by atoms with Gasteiger partial charge in [-0.2, -0.15) is 0 Å². The van der Waals surface area contributed by atoms with Crippen molar-refractivity contribution in [3.63, 3.8) is 0 Å². The molecule has 2 heterocycles. The Kier molecular flexibility index (Phi) is 4.44. The van der Waals surface area contributed by atoms with Crippen LogP contribution in [0.4, 0.5) is 16.2 Å². The Balaban J connectivity index is 1.43. The van der Waals surface area contributed by atoms with Crippen LogP contribution in [0.1, 0.15) is 5.56 Å². The molecule has 5 nitrogen and oxygen atoms in total. The Hall–Kier alpha value is -3.08. The maximum Gasteiger partial charge on any atom is 0.321 e. The smallest absolute Gasteiger partial charge is 0.321 e. The van der Waals surface area contributed by atoms with Crippen LogP contribution >= 0.6 is 0 Å². The van der Waals surface area contributed by atoms with E-state index >= 15 is 0 Å². The van der Waals surface area contributed by atoms with E-state index in [0.29, 0.717) is 13.1 Å². The molecule has 0 unspecified atom stereocenters. The van der Waals surface area contributed by atoms with Gasteiger partial charge in [-0.15, -0.1) is 0 Å². The minimum atomic E-state index is -0.0358. The van der Waals surface area contributed by atoms with Crippen LogP contribution in [0, 0.1) is 6.92 Å². The molecular weight excluding hydrogens is 324 g/mol. The number of urea groups is 1. The summed E-state index contributed by atoms with van der Waals surface area (Å²) in [6, 6.07) is 18.1. The number of nitrogens with zero attached hydrogens (tertiary/aromatic N) is 3. The van der Waals surface area contributed by atoms with Crippen molar-refractivity contribution in [2.75, 3.05) is 36.4 Å². The number of nitrogens with one attached hydrogen (secondary N) is 1. The summed E-state index contributed by atoms with van der Waals surface area (Å²) in [4.78, 5) is 21.2. The quantitative estimate of drug-likeness (QED) is 0.766. The fraction of sp³-hybridized carbons (Fsp3) is 0.238. The van der Waals surface area contributed by atoms with Crippen molar-refractivity contribution >= 4 is 28.3 Å². The third-order valence-corrected chi connectivity index (χ3v) is 4.79. The Bertz CT molecular complexity index is 927. The summed E-state index contributed by atoms with van der Waals surface area (Å²) < 4.78 is 0. The molecule has 1 aliphatic rings. The zero-order valence-corrected chi connectivity index (χ0v) is 14.9. The van der Waals surface area contributed by atoms with Crippen LogP contribution in [0.2, 0.25) is 0 Å². The van der Waals surface area contributed by atoms with Crippen molar-refractivity contribution in [3.8, 4) is 0 Å². The SMILES string of the molecule is Cc1cccc(NC(=O)N2CCN(c3cccc4cccnc34)CC2)c1. The summed E-state index contributed by atoms with van der Waals surface area (Å²) >= 11 is 0. The Labute approximate surface area is 153 Å². The summed E-state index contributed by atoms with van der Waals surface area (Å²) in [6.07, 6.45) is 1.83. The van der Waals surface area contributed by atoms with E-state index in [2.05, 4.69) is 39.5 Å². The molecule has 1 fully saturated rings. The first kappa shape index (κ1) is 16.4. The molecule has 2 aromatic carbocycles. The van der Waals surface area contributed by atoms with Crippen molar-refractivity contribution < 1.29 is 4.79 Å². The molecule has 3 aromatic rings. The third kappa shape index (κ3) is 3.33. The summed E-state index contributed by atoms with van der Waals surface area (Å²) in [6.45, 7) is 5.02. The van der Waals surface area contributed by atoms with Gasteiger partial charge in [0.05, 0.1) is 11.2 Å². The molecule has 1 aromatic heterocycles. The van der Waals surface area contributed by atoms with Crippen LogP contribution in [0.15, 0.2) is 60.8 Å². The maximum atomic E-state index is 12.5. The lowest BCUT2D eigenvalue weighted by molar-refractivity contribution is 0.208. The lowest BCUT2D eigenvalue weighted by Gasteiger charge is -2.36. The van der Waals surface area contributed by atoms with Gasteiger partial charge in [-0.25, -0.2) is 4.79 Å². The minimum Gasteiger partial charge on any atom is -0.366 e. The Morgan fingerprint density at radius 1 is 1.00 bits per heavy atom. The van der Waals surface area contributed by atoms with Gasteiger partial charge in [0, 0.05) is 43.4 Å². The van der Waals surface area contributed by atoms with E-state index < -0.39 is 0 Å². The zero-order chi connectivity index (χ0) is 17.9. The second-order valence-electron chi connectivity index (χ2n) is 6.63. The number of carbonyl (C=O) groups excluding carboxylic acids is 1. The lowest BCUT2D eigenvalue weighted by Crippen LogP contribution is -2.50. The number of amides is 2.